The molecule has 1 amide bonds. The number of rotatable bonds is 3. The minimum Gasteiger partial charge on any atom is -0.353 e. The number of hydrogen-bond donors (Lipinski definition) is 2. The summed E-state index contributed by atoms with van der Waals surface area (Å²) >= 11 is 0. The van der Waals surface area contributed by atoms with Gasteiger partial charge < -0.3 is 10.3 Å². The van der Waals surface area contributed by atoms with Gasteiger partial charge >= 0.3 is 0 Å². The molecule has 0 aliphatic carbocycles. The molecule has 5 nitrogen and oxygen atoms in total. The van der Waals surface area contributed by atoms with E-state index in [1.807, 2.05) is 66.7 Å². The number of carbonyl (C=O) groups excluding carboxylic acids is 1. The molecule has 0 spiro atoms. The largest absolute Gasteiger partial charge is 0.353 e. The number of anilines is 1. The predicted octanol–water partition coefficient (Wildman–Crippen LogP) is 5.03. The second-order valence-electron chi connectivity index (χ2n) is 6.48. The first-order valence-electron chi connectivity index (χ1n) is 8.99. The summed E-state index contributed by atoms with van der Waals surface area (Å²) in [6, 6.07) is 25.1. The number of carbonyl (C=O) groups is 1. The molecule has 0 aliphatic rings. The van der Waals surface area contributed by atoms with E-state index in [4.69, 9.17) is 4.98 Å². The van der Waals surface area contributed by atoms with Crippen LogP contribution in [0.4, 0.5) is 5.82 Å². The fraction of sp³-hybridized carbons (Fsp3) is 0. The number of para-hydroxylation sites is 1. The van der Waals surface area contributed by atoms with Crippen molar-refractivity contribution in [1.82, 2.24) is 15.0 Å². The van der Waals surface area contributed by atoms with Gasteiger partial charge in [-0.1, -0.05) is 54.6 Å². The summed E-state index contributed by atoms with van der Waals surface area (Å²) < 4.78 is 0. The van der Waals surface area contributed by atoms with Gasteiger partial charge in [-0.15, -0.1) is 0 Å². The fourth-order valence-electron chi connectivity index (χ4n) is 3.38. The van der Waals surface area contributed by atoms with Crippen LogP contribution < -0.4 is 5.32 Å². The first-order valence-corrected chi connectivity index (χ1v) is 8.99. The number of benzene rings is 2. The lowest BCUT2D eigenvalue weighted by molar-refractivity contribution is 0.102. The zero-order chi connectivity index (χ0) is 18.9. The van der Waals surface area contributed by atoms with E-state index >= 15 is 0 Å². The third-order valence-corrected chi connectivity index (χ3v) is 4.68. The molecule has 2 N–H and O–H groups in total. The van der Waals surface area contributed by atoms with Gasteiger partial charge in [-0.2, -0.15) is 0 Å². The highest BCUT2D eigenvalue weighted by Gasteiger charge is 2.17. The zero-order valence-corrected chi connectivity index (χ0v) is 14.9. The molecule has 5 rings (SSSR count). The van der Waals surface area contributed by atoms with Gasteiger partial charge in [-0.05, 0) is 24.3 Å². The molecular weight excluding hydrogens is 348 g/mol. The Morgan fingerprint density at radius 3 is 2.46 bits per heavy atom. The number of amides is 1. The lowest BCUT2D eigenvalue weighted by atomic mass is 10.1. The normalized spacial score (nSPS) is 11.0. The zero-order valence-electron chi connectivity index (χ0n) is 14.9. The molecule has 0 bridgehead atoms. The van der Waals surface area contributed by atoms with Crippen LogP contribution in [0.5, 0.6) is 0 Å². The van der Waals surface area contributed by atoms with Gasteiger partial charge in [0.1, 0.15) is 11.5 Å². The summed E-state index contributed by atoms with van der Waals surface area (Å²) in [5.74, 6) is 0.206. The maximum absolute atomic E-state index is 12.9. The molecule has 3 aromatic heterocycles. The number of H-pyrrole nitrogens is 1. The molecule has 0 fully saturated rings. The van der Waals surface area contributed by atoms with Crippen molar-refractivity contribution in [3.63, 3.8) is 0 Å². The quantitative estimate of drug-likeness (QED) is 0.472. The van der Waals surface area contributed by atoms with Crippen LogP contribution in [0.15, 0.2) is 85.1 Å². The average molecular weight is 364 g/mol. The minimum absolute atomic E-state index is 0.289. The Kier molecular flexibility index (Phi) is 3.84. The van der Waals surface area contributed by atoms with E-state index in [-0.39, 0.29) is 5.91 Å². The molecule has 0 radical (unpaired) electrons. The van der Waals surface area contributed by atoms with Gasteiger partial charge in [0.2, 0.25) is 0 Å². The highest BCUT2D eigenvalue weighted by Crippen LogP contribution is 2.32. The molecule has 5 aromatic rings. The number of hydrogen-bond acceptors (Lipinski definition) is 3. The maximum Gasteiger partial charge on any atom is 0.275 e. The molecule has 3 heterocycles. The van der Waals surface area contributed by atoms with E-state index in [9.17, 15) is 4.79 Å². The number of fused-ring (bicyclic) bond motifs is 3. The van der Waals surface area contributed by atoms with Crippen LogP contribution in [-0.4, -0.2) is 20.9 Å². The topological polar surface area (TPSA) is 70.7 Å². The fourth-order valence-corrected chi connectivity index (χ4v) is 3.38. The number of pyridine rings is 2. The predicted molar refractivity (Wildman–Crippen MR) is 111 cm³/mol. The number of aromatic nitrogens is 3. The van der Waals surface area contributed by atoms with Crippen LogP contribution in [0.3, 0.4) is 0 Å². The van der Waals surface area contributed by atoms with Crippen molar-refractivity contribution in [3.05, 3.63) is 90.8 Å². The Balaban J connectivity index is 1.71. The van der Waals surface area contributed by atoms with Crippen molar-refractivity contribution in [2.45, 2.75) is 0 Å². The molecule has 0 saturated heterocycles. The van der Waals surface area contributed by atoms with Crippen molar-refractivity contribution in [3.8, 4) is 11.3 Å². The Morgan fingerprint density at radius 2 is 1.64 bits per heavy atom. The second kappa shape index (κ2) is 6.63. The smallest absolute Gasteiger partial charge is 0.275 e. The van der Waals surface area contributed by atoms with E-state index in [0.29, 0.717) is 11.5 Å². The highest BCUT2D eigenvalue weighted by molar-refractivity contribution is 6.14. The highest BCUT2D eigenvalue weighted by atomic mass is 16.1. The molecule has 0 atom stereocenters. The van der Waals surface area contributed by atoms with Crippen molar-refractivity contribution in [2.75, 3.05) is 5.32 Å². The summed E-state index contributed by atoms with van der Waals surface area (Å²) in [5, 5.41) is 4.85. The van der Waals surface area contributed by atoms with Crippen LogP contribution in [-0.2, 0) is 0 Å². The lowest BCUT2D eigenvalue weighted by Gasteiger charge is -2.08. The Morgan fingerprint density at radius 1 is 0.857 bits per heavy atom. The molecule has 0 saturated carbocycles. The number of nitrogens with zero attached hydrogens (tertiary/aromatic N) is 2. The molecule has 5 heteroatoms. The van der Waals surface area contributed by atoms with Crippen molar-refractivity contribution >= 4 is 33.5 Å². The van der Waals surface area contributed by atoms with Gasteiger partial charge in [0.25, 0.3) is 5.91 Å². The molecule has 134 valence electrons. The maximum atomic E-state index is 12.9. The standard InChI is InChI=1S/C23H16N4O/c28-23(27-20-12-6-7-13-24-20)19-14-17-16-10-4-5-11-18(16)25-22(17)21(26-19)15-8-2-1-3-9-15/h1-14,25H,(H,24,27,28). The lowest BCUT2D eigenvalue weighted by Crippen LogP contribution is -2.14. The first-order chi connectivity index (χ1) is 13.8. The van der Waals surface area contributed by atoms with Crippen LogP contribution >= 0.6 is 0 Å². The Bertz CT molecular complexity index is 1290. The molecule has 2 aromatic carbocycles. The van der Waals surface area contributed by atoms with Gasteiger partial charge in [-0.3, -0.25) is 4.79 Å². The number of aromatic amines is 1. The SMILES string of the molecule is O=C(Nc1ccccn1)c1cc2c([nH]c3ccccc32)c(-c2ccccc2)n1. The third kappa shape index (κ3) is 2.79. The van der Waals surface area contributed by atoms with Crippen LogP contribution in [0.2, 0.25) is 0 Å². The summed E-state index contributed by atoms with van der Waals surface area (Å²) in [5.41, 5.74) is 3.98. The third-order valence-electron chi connectivity index (χ3n) is 4.68. The van der Waals surface area contributed by atoms with Crippen molar-refractivity contribution in [2.24, 2.45) is 0 Å². The van der Waals surface area contributed by atoms with E-state index in [1.54, 1.807) is 18.3 Å². The van der Waals surface area contributed by atoms with Crippen LogP contribution in [0, 0.1) is 0 Å². The van der Waals surface area contributed by atoms with Gasteiger partial charge in [0.15, 0.2) is 0 Å². The van der Waals surface area contributed by atoms with Crippen LogP contribution in [0.25, 0.3) is 33.1 Å². The van der Waals surface area contributed by atoms with E-state index < -0.39 is 0 Å². The molecule has 28 heavy (non-hydrogen) atoms. The molecule has 0 unspecified atom stereocenters. The molecular formula is C23H16N4O. The van der Waals surface area contributed by atoms with Crippen molar-refractivity contribution < 1.29 is 4.79 Å². The van der Waals surface area contributed by atoms with Gasteiger partial charge in [0, 0.05) is 28.0 Å². The van der Waals surface area contributed by atoms with Gasteiger partial charge in [-0.25, -0.2) is 9.97 Å². The minimum atomic E-state index is -0.289. The summed E-state index contributed by atoms with van der Waals surface area (Å²) in [6.07, 6.45) is 1.64. The van der Waals surface area contributed by atoms with E-state index in [1.165, 1.54) is 0 Å². The monoisotopic (exact) mass is 364 g/mol. The second-order valence-corrected chi connectivity index (χ2v) is 6.48. The average Bonchev–Trinajstić information content (AvgIpc) is 3.13. The van der Waals surface area contributed by atoms with Gasteiger partial charge in [0.05, 0.1) is 11.2 Å². The Hall–Kier alpha value is -3.99. The summed E-state index contributed by atoms with van der Waals surface area (Å²) in [4.78, 5) is 25.2. The van der Waals surface area contributed by atoms with E-state index in [0.717, 1.165) is 33.1 Å². The molecule has 0 aliphatic heterocycles. The first kappa shape index (κ1) is 16.2. The van der Waals surface area contributed by atoms with Crippen LogP contribution in [0.1, 0.15) is 10.5 Å². The Labute approximate surface area is 161 Å². The van der Waals surface area contributed by atoms with E-state index in [2.05, 4.69) is 15.3 Å². The number of nitrogens with one attached hydrogen (secondary N) is 2. The van der Waals surface area contributed by atoms with Crippen molar-refractivity contribution in [1.29, 1.82) is 0 Å². The summed E-state index contributed by atoms with van der Waals surface area (Å²) in [7, 11) is 0. The summed E-state index contributed by atoms with van der Waals surface area (Å²) in [6.45, 7) is 0.